The van der Waals surface area contributed by atoms with E-state index >= 15 is 0 Å². The molecular weight excluding hydrogens is 230 g/mol. The lowest BCUT2D eigenvalue weighted by Gasteiger charge is -2.14. The second-order valence-corrected chi connectivity index (χ2v) is 3.65. The molecule has 0 amide bonds. The number of nitrogens with one attached hydrogen (secondary N) is 1. The van der Waals surface area contributed by atoms with Crippen LogP contribution in [0.15, 0.2) is 18.2 Å². The van der Waals surface area contributed by atoms with Crippen LogP contribution in [0.4, 0.5) is 5.69 Å². The van der Waals surface area contributed by atoms with E-state index < -0.39 is 6.04 Å². The molecule has 1 rings (SSSR count). The Hall–Kier alpha value is -1.42. The average Bonchev–Trinajstić information content (AvgIpc) is 2.30. The Morgan fingerprint density at radius 3 is 2.69 bits per heavy atom. The van der Waals surface area contributed by atoms with E-state index in [4.69, 9.17) is 16.3 Å². The van der Waals surface area contributed by atoms with E-state index in [-0.39, 0.29) is 5.97 Å². The zero-order chi connectivity index (χ0) is 12.1. The van der Waals surface area contributed by atoms with Crippen LogP contribution >= 0.6 is 11.6 Å². The molecule has 1 aromatic rings. The summed E-state index contributed by atoms with van der Waals surface area (Å²) in [5.74, 6) is 0.234. The van der Waals surface area contributed by atoms with Gasteiger partial charge >= 0.3 is 5.97 Å². The van der Waals surface area contributed by atoms with Crippen LogP contribution in [0.5, 0.6) is 5.75 Å². The summed E-state index contributed by atoms with van der Waals surface area (Å²) in [6.45, 7) is 1.72. The molecule has 0 saturated carbocycles. The Labute approximate surface area is 99.5 Å². The van der Waals surface area contributed by atoms with Crippen LogP contribution in [0.3, 0.4) is 0 Å². The number of esters is 1. The fourth-order valence-electron chi connectivity index (χ4n) is 1.24. The van der Waals surface area contributed by atoms with Crippen LogP contribution in [0.1, 0.15) is 6.92 Å². The van der Waals surface area contributed by atoms with E-state index in [0.29, 0.717) is 10.8 Å². The van der Waals surface area contributed by atoms with Gasteiger partial charge in [-0.3, -0.25) is 0 Å². The lowest BCUT2D eigenvalue weighted by Crippen LogP contribution is -2.27. The summed E-state index contributed by atoms with van der Waals surface area (Å²) in [5.41, 5.74) is 0.749. The van der Waals surface area contributed by atoms with Gasteiger partial charge in [0.2, 0.25) is 0 Å². The molecule has 0 bridgehead atoms. The van der Waals surface area contributed by atoms with E-state index in [2.05, 4.69) is 10.1 Å². The van der Waals surface area contributed by atoms with Crippen molar-refractivity contribution < 1.29 is 14.3 Å². The average molecular weight is 244 g/mol. The first kappa shape index (κ1) is 12.6. The first-order valence-electron chi connectivity index (χ1n) is 4.76. The molecule has 1 atom stereocenters. The van der Waals surface area contributed by atoms with E-state index in [1.165, 1.54) is 14.2 Å². The Kier molecular flexibility index (Phi) is 4.43. The molecule has 88 valence electrons. The number of halogens is 1. The normalized spacial score (nSPS) is 11.8. The molecule has 0 aliphatic heterocycles. The highest BCUT2D eigenvalue weighted by molar-refractivity contribution is 6.32. The minimum absolute atomic E-state index is 0.325. The number of methoxy groups -OCH3 is 2. The minimum atomic E-state index is -0.420. The molecule has 4 nitrogen and oxygen atoms in total. The highest BCUT2D eigenvalue weighted by Gasteiger charge is 2.13. The maximum atomic E-state index is 11.2. The van der Waals surface area contributed by atoms with Gasteiger partial charge in [0.15, 0.2) is 0 Å². The van der Waals surface area contributed by atoms with Gasteiger partial charge in [-0.2, -0.15) is 0 Å². The van der Waals surface area contributed by atoms with E-state index in [1.807, 2.05) is 0 Å². The molecule has 0 aromatic heterocycles. The van der Waals surface area contributed by atoms with Gasteiger partial charge in [-0.25, -0.2) is 4.79 Å². The predicted octanol–water partition coefficient (Wildman–Crippen LogP) is 2.32. The van der Waals surface area contributed by atoms with Crippen LogP contribution < -0.4 is 10.1 Å². The van der Waals surface area contributed by atoms with Gasteiger partial charge in [0, 0.05) is 11.8 Å². The fraction of sp³-hybridized carbons (Fsp3) is 0.364. The lowest BCUT2D eigenvalue weighted by molar-refractivity contribution is -0.141. The minimum Gasteiger partial charge on any atom is -0.495 e. The van der Waals surface area contributed by atoms with Crippen molar-refractivity contribution in [2.45, 2.75) is 13.0 Å². The van der Waals surface area contributed by atoms with Gasteiger partial charge in [-0.15, -0.1) is 0 Å². The molecule has 0 aliphatic carbocycles. The molecular formula is C11H14ClNO3. The highest BCUT2D eigenvalue weighted by Crippen LogP contribution is 2.27. The molecule has 0 heterocycles. The predicted molar refractivity (Wildman–Crippen MR) is 63.1 cm³/mol. The molecule has 1 N–H and O–H groups in total. The zero-order valence-corrected chi connectivity index (χ0v) is 10.2. The smallest absolute Gasteiger partial charge is 0.327 e. The summed E-state index contributed by atoms with van der Waals surface area (Å²) in [6, 6.07) is 4.77. The summed E-state index contributed by atoms with van der Waals surface area (Å²) in [6.07, 6.45) is 0. The SMILES string of the molecule is COC(=O)C(C)Nc1ccc(Cl)c(OC)c1. The van der Waals surface area contributed by atoms with E-state index in [0.717, 1.165) is 5.69 Å². The highest BCUT2D eigenvalue weighted by atomic mass is 35.5. The van der Waals surface area contributed by atoms with Gasteiger partial charge in [-0.05, 0) is 19.1 Å². The molecule has 16 heavy (non-hydrogen) atoms. The van der Waals surface area contributed by atoms with Crippen molar-refractivity contribution in [3.8, 4) is 5.75 Å². The van der Waals surface area contributed by atoms with Gasteiger partial charge in [0.05, 0.1) is 19.2 Å². The maximum absolute atomic E-state index is 11.2. The molecule has 0 fully saturated rings. The number of rotatable bonds is 4. The first-order valence-corrected chi connectivity index (χ1v) is 5.14. The van der Waals surface area contributed by atoms with Crippen LogP contribution in [0, 0.1) is 0 Å². The summed E-state index contributed by atoms with van der Waals surface area (Å²) in [7, 11) is 2.89. The molecule has 5 heteroatoms. The van der Waals surface area contributed by atoms with Crippen LogP contribution in [-0.4, -0.2) is 26.2 Å². The van der Waals surface area contributed by atoms with Crippen molar-refractivity contribution in [3.63, 3.8) is 0 Å². The molecule has 0 saturated heterocycles. The third kappa shape index (κ3) is 3.03. The van der Waals surface area contributed by atoms with E-state index in [9.17, 15) is 4.79 Å². The zero-order valence-electron chi connectivity index (χ0n) is 9.41. The Morgan fingerprint density at radius 2 is 2.12 bits per heavy atom. The summed E-state index contributed by atoms with van der Waals surface area (Å²) in [4.78, 5) is 11.2. The number of carbonyl (C=O) groups excluding carboxylic acids is 1. The van der Waals surface area contributed by atoms with E-state index in [1.54, 1.807) is 25.1 Å². The van der Waals surface area contributed by atoms with Crippen molar-refractivity contribution in [2.75, 3.05) is 19.5 Å². The van der Waals surface area contributed by atoms with Crippen molar-refractivity contribution in [1.29, 1.82) is 0 Å². The number of anilines is 1. The monoisotopic (exact) mass is 243 g/mol. The standard InChI is InChI=1S/C11H14ClNO3/c1-7(11(14)16-3)13-8-4-5-9(12)10(6-8)15-2/h4-7,13H,1-3H3. The molecule has 0 radical (unpaired) electrons. The van der Waals surface area contributed by atoms with Crippen molar-refractivity contribution in [2.24, 2.45) is 0 Å². The van der Waals surface area contributed by atoms with Crippen LogP contribution in [0.25, 0.3) is 0 Å². The fourth-order valence-corrected chi connectivity index (χ4v) is 1.43. The topological polar surface area (TPSA) is 47.6 Å². The second kappa shape index (κ2) is 5.61. The molecule has 0 aliphatic rings. The van der Waals surface area contributed by atoms with Crippen molar-refractivity contribution in [1.82, 2.24) is 0 Å². The molecule has 1 unspecified atom stereocenters. The Morgan fingerprint density at radius 1 is 1.44 bits per heavy atom. The maximum Gasteiger partial charge on any atom is 0.327 e. The Balaban J connectivity index is 2.78. The van der Waals surface area contributed by atoms with Gasteiger partial charge in [0.1, 0.15) is 11.8 Å². The summed E-state index contributed by atoms with van der Waals surface area (Å²) >= 11 is 5.88. The summed E-state index contributed by atoms with van der Waals surface area (Å²) in [5, 5.41) is 3.51. The van der Waals surface area contributed by atoms with Crippen molar-refractivity contribution >= 4 is 23.3 Å². The molecule has 1 aromatic carbocycles. The van der Waals surface area contributed by atoms with Gasteiger partial charge in [-0.1, -0.05) is 11.6 Å². The summed E-state index contributed by atoms with van der Waals surface area (Å²) < 4.78 is 9.67. The number of hydrogen-bond donors (Lipinski definition) is 1. The number of carbonyl (C=O) groups is 1. The largest absolute Gasteiger partial charge is 0.495 e. The third-order valence-corrected chi connectivity index (χ3v) is 2.40. The number of ether oxygens (including phenoxy) is 2. The van der Waals surface area contributed by atoms with Crippen molar-refractivity contribution in [3.05, 3.63) is 23.2 Å². The molecule has 0 spiro atoms. The third-order valence-electron chi connectivity index (χ3n) is 2.09. The quantitative estimate of drug-likeness (QED) is 0.825. The second-order valence-electron chi connectivity index (χ2n) is 3.24. The van der Waals surface area contributed by atoms with Gasteiger partial charge < -0.3 is 14.8 Å². The van der Waals surface area contributed by atoms with Crippen LogP contribution in [-0.2, 0) is 9.53 Å². The Bertz CT molecular complexity index is 381. The lowest BCUT2D eigenvalue weighted by atomic mass is 10.2. The number of benzene rings is 1. The van der Waals surface area contributed by atoms with Crippen LogP contribution in [0.2, 0.25) is 5.02 Å². The van der Waals surface area contributed by atoms with Gasteiger partial charge in [0.25, 0.3) is 0 Å². The number of hydrogen-bond acceptors (Lipinski definition) is 4. The first-order chi connectivity index (χ1) is 7.58.